The molecule has 66 valence electrons. The SMILES string of the molecule is COc1ccc(N(C)C)cc1N. The first-order chi connectivity index (χ1) is 5.65. The van der Waals surface area contributed by atoms with Crippen molar-refractivity contribution in [2.75, 3.05) is 31.8 Å². The van der Waals surface area contributed by atoms with Gasteiger partial charge in [-0.1, -0.05) is 0 Å². The minimum absolute atomic E-state index is 0.670. The van der Waals surface area contributed by atoms with E-state index in [9.17, 15) is 0 Å². The van der Waals surface area contributed by atoms with E-state index >= 15 is 0 Å². The highest BCUT2D eigenvalue weighted by atomic mass is 16.5. The first-order valence-corrected chi connectivity index (χ1v) is 3.76. The van der Waals surface area contributed by atoms with Gasteiger partial charge in [-0.15, -0.1) is 0 Å². The zero-order valence-electron chi connectivity index (χ0n) is 7.66. The van der Waals surface area contributed by atoms with Gasteiger partial charge in [-0.2, -0.15) is 0 Å². The Morgan fingerprint density at radius 1 is 1.33 bits per heavy atom. The predicted molar refractivity (Wildman–Crippen MR) is 51.7 cm³/mol. The van der Waals surface area contributed by atoms with Crippen molar-refractivity contribution in [3.05, 3.63) is 18.2 Å². The molecule has 0 aliphatic rings. The lowest BCUT2D eigenvalue weighted by atomic mass is 10.2. The predicted octanol–water partition coefficient (Wildman–Crippen LogP) is 1.34. The minimum atomic E-state index is 0.670. The Kier molecular flexibility index (Phi) is 2.43. The summed E-state index contributed by atoms with van der Waals surface area (Å²) in [7, 11) is 5.56. The second kappa shape index (κ2) is 3.34. The third kappa shape index (κ3) is 1.61. The van der Waals surface area contributed by atoms with Gasteiger partial charge in [0.15, 0.2) is 0 Å². The van der Waals surface area contributed by atoms with Gasteiger partial charge in [0.1, 0.15) is 5.75 Å². The number of nitrogen functional groups attached to an aromatic ring is 1. The average Bonchev–Trinajstić information content (AvgIpc) is 2.04. The molecule has 0 aliphatic carbocycles. The monoisotopic (exact) mass is 166 g/mol. The second-order valence-corrected chi connectivity index (χ2v) is 2.82. The quantitative estimate of drug-likeness (QED) is 0.674. The number of anilines is 2. The molecule has 0 spiro atoms. The zero-order valence-corrected chi connectivity index (χ0v) is 7.66. The van der Waals surface area contributed by atoms with E-state index in [-0.39, 0.29) is 0 Å². The molecule has 0 saturated carbocycles. The lowest BCUT2D eigenvalue weighted by Crippen LogP contribution is -2.08. The van der Waals surface area contributed by atoms with E-state index in [4.69, 9.17) is 10.5 Å². The normalized spacial score (nSPS) is 9.58. The van der Waals surface area contributed by atoms with Crippen molar-refractivity contribution in [3.8, 4) is 5.75 Å². The summed E-state index contributed by atoms with van der Waals surface area (Å²) in [4.78, 5) is 2.00. The van der Waals surface area contributed by atoms with Gasteiger partial charge in [-0.05, 0) is 18.2 Å². The number of nitrogens with zero attached hydrogens (tertiary/aromatic N) is 1. The Bertz CT molecular complexity index is 271. The molecule has 0 unspecified atom stereocenters. The number of methoxy groups -OCH3 is 1. The van der Waals surface area contributed by atoms with E-state index in [1.807, 2.05) is 37.2 Å². The van der Waals surface area contributed by atoms with Gasteiger partial charge >= 0.3 is 0 Å². The van der Waals surface area contributed by atoms with E-state index < -0.39 is 0 Å². The number of rotatable bonds is 2. The molecule has 1 rings (SSSR count). The van der Waals surface area contributed by atoms with E-state index in [2.05, 4.69) is 0 Å². The molecule has 0 aliphatic heterocycles. The van der Waals surface area contributed by atoms with Crippen LogP contribution in [-0.4, -0.2) is 21.2 Å². The highest BCUT2D eigenvalue weighted by Crippen LogP contribution is 2.25. The highest BCUT2D eigenvalue weighted by molar-refractivity contribution is 5.62. The summed E-state index contributed by atoms with van der Waals surface area (Å²) in [6.07, 6.45) is 0. The van der Waals surface area contributed by atoms with E-state index in [0.717, 1.165) is 11.4 Å². The number of hydrogen-bond donors (Lipinski definition) is 1. The summed E-state index contributed by atoms with van der Waals surface area (Å²) in [6.45, 7) is 0. The molecular weight excluding hydrogens is 152 g/mol. The zero-order chi connectivity index (χ0) is 9.14. The van der Waals surface area contributed by atoms with Crippen molar-refractivity contribution < 1.29 is 4.74 Å². The third-order valence-corrected chi connectivity index (χ3v) is 1.73. The summed E-state index contributed by atoms with van der Waals surface area (Å²) >= 11 is 0. The van der Waals surface area contributed by atoms with Crippen molar-refractivity contribution in [1.29, 1.82) is 0 Å². The Morgan fingerprint density at radius 3 is 2.42 bits per heavy atom. The molecular formula is C9H14N2O. The highest BCUT2D eigenvalue weighted by Gasteiger charge is 2.00. The fraction of sp³-hybridized carbons (Fsp3) is 0.333. The van der Waals surface area contributed by atoms with Gasteiger partial charge < -0.3 is 15.4 Å². The molecule has 0 amide bonds. The van der Waals surface area contributed by atoms with Crippen LogP contribution in [0.15, 0.2) is 18.2 Å². The maximum absolute atomic E-state index is 5.72. The molecule has 3 nitrogen and oxygen atoms in total. The number of nitrogens with two attached hydrogens (primary N) is 1. The molecule has 3 heteroatoms. The van der Waals surface area contributed by atoms with Gasteiger partial charge in [0.2, 0.25) is 0 Å². The summed E-state index contributed by atoms with van der Waals surface area (Å²) in [5.41, 5.74) is 7.47. The fourth-order valence-electron chi connectivity index (χ4n) is 1.000. The van der Waals surface area contributed by atoms with Gasteiger partial charge in [-0.3, -0.25) is 0 Å². The van der Waals surface area contributed by atoms with Crippen LogP contribution in [-0.2, 0) is 0 Å². The third-order valence-electron chi connectivity index (χ3n) is 1.73. The van der Waals surface area contributed by atoms with Crippen LogP contribution in [0.1, 0.15) is 0 Å². The van der Waals surface area contributed by atoms with Crippen LogP contribution in [0.25, 0.3) is 0 Å². The summed E-state index contributed by atoms with van der Waals surface area (Å²) in [5.74, 6) is 0.723. The van der Waals surface area contributed by atoms with Crippen LogP contribution in [0.5, 0.6) is 5.75 Å². The van der Waals surface area contributed by atoms with Gasteiger partial charge in [0.25, 0.3) is 0 Å². The topological polar surface area (TPSA) is 38.5 Å². The van der Waals surface area contributed by atoms with Crippen LogP contribution < -0.4 is 15.4 Å². The molecule has 2 N–H and O–H groups in total. The first kappa shape index (κ1) is 8.71. The van der Waals surface area contributed by atoms with Gasteiger partial charge in [0.05, 0.1) is 12.8 Å². The second-order valence-electron chi connectivity index (χ2n) is 2.82. The summed E-state index contributed by atoms with van der Waals surface area (Å²) in [6, 6.07) is 5.72. The van der Waals surface area contributed by atoms with Crippen LogP contribution in [0.2, 0.25) is 0 Å². The summed E-state index contributed by atoms with van der Waals surface area (Å²) < 4.78 is 5.04. The molecule has 0 atom stereocenters. The molecule has 0 aromatic heterocycles. The van der Waals surface area contributed by atoms with Crippen molar-refractivity contribution in [2.24, 2.45) is 0 Å². The van der Waals surface area contributed by atoms with E-state index in [1.54, 1.807) is 7.11 Å². The van der Waals surface area contributed by atoms with Crippen molar-refractivity contribution >= 4 is 11.4 Å². The van der Waals surface area contributed by atoms with Gasteiger partial charge in [0, 0.05) is 19.8 Å². The number of ether oxygens (including phenoxy) is 1. The molecule has 1 aromatic carbocycles. The largest absolute Gasteiger partial charge is 0.495 e. The fourth-order valence-corrected chi connectivity index (χ4v) is 1.000. The van der Waals surface area contributed by atoms with E-state index in [1.165, 1.54) is 0 Å². The average molecular weight is 166 g/mol. The molecule has 0 heterocycles. The molecule has 0 saturated heterocycles. The van der Waals surface area contributed by atoms with Crippen molar-refractivity contribution in [1.82, 2.24) is 0 Å². The van der Waals surface area contributed by atoms with E-state index in [0.29, 0.717) is 5.69 Å². The van der Waals surface area contributed by atoms with Crippen LogP contribution in [0, 0.1) is 0 Å². The van der Waals surface area contributed by atoms with Crippen molar-refractivity contribution in [3.63, 3.8) is 0 Å². The lowest BCUT2D eigenvalue weighted by molar-refractivity contribution is 0.417. The lowest BCUT2D eigenvalue weighted by Gasteiger charge is -2.14. The summed E-state index contributed by atoms with van der Waals surface area (Å²) in [5, 5.41) is 0. The molecule has 12 heavy (non-hydrogen) atoms. The Morgan fingerprint density at radius 2 is 2.00 bits per heavy atom. The Balaban J connectivity index is 3.02. The van der Waals surface area contributed by atoms with Crippen LogP contribution in [0.4, 0.5) is 11.4 Å². The Labute approximate surface area is 72.7 Å². The molecule has 0 radical (unpaired) electrons. The molecule has 0 fully saturated rings. The standard InChI is InChI=1S/C9H14N2O/c1-11(2)7-4-5-9(12-3)8(10)6-7/h4-6H,10H2,1-3H3. The number of benzene rings is 1. The maximum atomic E-state index is 5.72. The van der Waals surface area contributed by atoms with Crippen LogP contribution >= 0.6 is 0 Å². The first-order valence-electron chi connectivity index (χ1n) is 3.76. The van der Waals surface area contributed by atoms with Gasteiger partial charge in [-0.25, -0.2) is 0 Å². The maximum Gasteiger partial charge on any atom is 0.141 e. The number of hydrogen-bond acceptors (Lipinski definition) is 3. The smallest absolute Gasteiger partial charge is 0.141 e. The Hall–Kier alpha value is -1.38. The minimum Gasteiger partial charge on any atom is -0.495 e. The molecule has 1 aromatic rings. The molecule has 0 bridgehead atoms. The van der Waals surface area contributed by atoms with Crippen molar-refractivity contribution in [2.45, 2.75) is 0 Å². The van der Waals surface area contributed by atoms with Crippen LogP contribution in [0.3, 0.4) is 0 Å².